The summed E-state index contributed by atoms with van der Waals surface area (Å²) in [6, 6.07) is 0. The molecule has 1 aliphatic carbocycles. The Labute approximate surface area is 194 Å². The standard InChI is InChI=1S/C27H48O3Si/c1-6-10-12-19-25(17-8-3)29-31(24-16-23-28-5,27-21-14-15-22-27)30-26(18-9-4)20-13-11-7-2/h8-9,25-27H,3-4,6-7,10-15,17-23H2,1-2,5H3. The van der Waals surface area contributed by atoms with E-state index < -0.39 is 8.56 Å². The predicted octanol–water partition coefficient (Wildman–Crippen LogP) is 7.65. The first-order valence-electron chi connectivity index (χ1n) is 12.7. The van der Waals surface area contributed by atoms with Gasteiger partial charge in [-0.05, 0) is 38.5 Å². The highest BCUT2D eigenvalue weighted by molar-refractivity contribution is 6.77. The van der Waals surface area contributed by atoms with E-state index in [2.05, 4.69) is 38.5 Å². The van der Waals surface area contributed by atoms with E-state index in [9.17, 15) is 0 Å². The lowest BCUT2D eigenvalue weighted by molar-refractivity contribution is 0.0719. The molecule has 0 amide bonds. The first-order chi connectivity index (χ1) is 15.2. The van der Waals surface area contributed by atoms with Crippen molar-refractivity contribution in [2.45, 2.75) is 121 Å². The van der Waals surface area contributed by atoms with Crippen LogP contribution in [-0.4, -0.2) is 34.5 Å². The molecule has 1 saturated carbocycles. The van der Waals surface area contributed by atoms with E-state index >= 15 is 0 Å². The number of unbranched alkanes of at least 4 members (excludes halogenated alkanes) is 4. The molecule has 2 atom stereocenters. The van der Waals surface area contributed by atoms with Crippen LogP contribution in [0.1, 0.15) is 104 Å². The van der Waals surface area contributed by atoms with Crippen molar-refractivity contribution >= 4 is 8.56 Å². The van der Waals surface area contributed by atoms with Gasteiger partial charge in [-0.15, -0.1) is 13.2 Å². The lowest BCUT2D eigenvalue weighted by Gasteiger charge is -2.37. The van der Waals surface area contributed by atoms with Gasteiger partial charge < -0.3 is 13.6 Å². The Morgan fingerprint density at radius 3 is 1.84 bits per heavy atom. The maximum atomic E-state index is 7.02. The molecule has 31 heavy (non-hydrogen) atoms. The smallest absolute Gasteiger partial charge is 0.382 e. The summed E-state index contributed by atoms with van der Waals surface area (Å²) in [6.45, 7) is 12.9. The molecule has 178 valence electrons. The van der Waals surface area contributed by atoms with Crippen LogP contribution < -0.4 is 0 Å². The van der Waals surface area contributed by atoms with E-state index in [1.54, 1.807) is 7.11 Å². The van der Waals surface area contributed by atoms with Crippen LogP contribution in [0.2, 0.25) is 5.54 Å². The maximum Gasteiger partial charge on any atom is 0.427 e. The van der Waals surface area contributed by atoms with Crippen LogP contribution in [0, 0.1) is 11.5 Å². The summed E-state index contributed by atoms with van der Waals surface area (Å²) in [4.78, 5) is 0. The molecule has 0 bridgehead atoms. The van der Waals surface area contributed by atoms with Crippen LogP contribution in [0.25, 0.3) is 0 Å². The van der Waals surface area contributed by atoms with Crippen molar-refractivity contribution in [1.82, 2.24) is 0 Å². The third-order valence-corrected chi connectivity index (χ3v) is 9.72. The minimum absolute atomic E-state index is 0.146. The van der Waals surface area contributed by atoms with Crippen LogP contribution in [0.15, 0.2) is 25.3 Å². The third kappa shape index (κ3) is 11.0. The molecule has 4 heteroatoms. The molecule has 1 aliphatic rings. The molecule has 0 spiro atoms. The maximum absolute atomic E-state index is 7.02. The average molecular weight is 449 g/mol. The molecule has 2 unspecified atom stereocenters. The summed E-state index contributed by atoms with van der Waals surface area (Å²) in [5.41, 5.74) is 4.02. The minimum atomic E-state index is -2.76. The molecule has 3 nitrogen and oxygen atoms in total. The average Bonchev–Trinajstić information content (AvgIpc) is 3.30. The second-order valence-electron chi connectivity index (χ2n) is 8.90. The zero-order valence-electron chi connectivity index (χ0n) is 20.6. The van der Waals surface area contributed by atoms with Crippen LogP contribution in [0.5, 0.6) is 0 Å². The fourth-order valence-corrected chi connectivity index (χ4v) is 8.15. The van der Waals surface area contributed by atoms with Gasteiger partial charge in [-0.1, -0.05) is 88.8 Å². The molecule has 1 fully saturated rings. The lowest BCUT2D eigenvalue weighted by Crippen LogP contribution is -2.50. The van der Waals surface area contributed by atoms with Crippen LogP contribution in [-0.2, 0) is 13.6 Å². The van der Waals surface area contributed by atoms with Gasteiger partial charge in [0.2, 0.25) is 0 Å². The molecule has 0 aromatic heterocycles. The van der Waals surface area contributed by atoms with Gasteiger partial charge in [-0.3, -0.25) is 0 Å². The van der Waals surface area contributed by atoms with E-state index in [1.165, 1.54) is 64.2 Å². The first kappa shape index (κ1) is 28.2. The number of ether oxygens (including phenoxy) is 1. The van der Waals surface area contributed by atoms with Crippen molar-refractivity contribution in [1.29, 1.82) is 0 Å². The van der Waals surface area contributed by atoms with Gasteiger partial charge in [-0.2, -0.15) is 0 Å². The number of methoxy groups -OCH3 is 1. The van der Waals surface area contributed by atoms with Gasteiger partial charge in [0.1, 0.15) is 6.61 Å². The Morgan fingerprint density at radius 2 is 1.42 bits per heavy atom. The predicted molar refractivity (Wildman–Crippen MR) is 135 cm³/mol. The molecule has 0 heterocycles. The molecular formula is C27H48O3Si. The molecule has 1 rings (SSSR count). The van der Waals surface area contributed by atoms with Gasteiger partial charge in [-0.25, -0.2) is 0 Å². The van der Waals surface area contributed by atoms with Crippen molar-refractivity contribution in [3.8, 4) is 11.5 Å². The van der Waals surface area contributed by atoms with Crippen LogP contribution in [0.3, 0.4) is 0 Å². The van der Waals surface area contributed by atoms with Crippen LogP contribution in [0.4, 0.5) is 0 Å². The molecular weight excluding hydrogens is 400 g/mol. The fourth-order valence-electron chi connectivity index (χ4n) is 4.48. The van der Waals surface area contributed by atoms with Gasteiger partial charge in [0, 0.05) is 12.7 Å². The summed E-state index contributed by atoms with van der Waals surface area (Å²) in [6.07, 6.45) is 20.2. The normalized spacial score (nSPS) is 18.0. The second-order valence-corrected chi connectivity index (χ2v) is 11.8. The highest BCUT2D eigenvalue weighted by atomic mass is 28.4. The Kier molecular flexibility index (Phi) is 16.1. The van der Waals surface area contributed by atoms with Crippen molar-refractivity contribution in [3.63, 3.8) is 0 Å². The van der Waals surface area contributed by atoms with Gasteiger partial charge in [0.05, 0.1) is 12.2 Å². The Morgan fingerprint density at radius 1 is 0.903 bits per heavy atom. The van der Waals surface area contributed by atoms with E-state index in [0.717, 1.165) is 25.7 Å². The molecule has 0 aromatic carbocycles. The quantitative estimate of drug-likeness (QED) is 0.0932. The molecule has 0 radical (unpaired) electrons. The molecule has 0 aromatic rings. The molecule has 0 N–H and O–H groups in total. The number of hydrogen-bond acceptors (Lipinski definition) is 3. The van der Waals surface area contributed by atoms with E-state index in [0.29, 0.717) is 12.1 Å². The summed E-state index contributed by atoms with van der Waals surface area (Å²) in [7, 11) is -1.06. The second kappa shape index (κ2) is 17.7. The fraction of sp³-hybridized carbons (Fsp3) is 0.778. The Bertz CT molecular complexity index is 504. The summed E-state index contributed by atoms with van der Waals surface area (Å²) in [5, 5.41) is 0. The summed E-state index contributed by atoms with van der Waals surface area (Å²) < 4.78 is 19.3. The van der Waals surface area contributed by atoms with Gasteiger partial charge >= 0.3 is 8.56 Å². The van der Waals surface area contributed by atoms with Gasteiger partial charge in [0.15, 0.2) is 0 Å². The monoisotopic (exact) mass is 448 g/mol. The van der Waals surface area contributed by atoms with Crippen molar-refractivity contribution in [2.75, 3.05) is 13.7 Å². The van der Waals surface area contributed by atoms with Crippen molar-refractivity contribution in [2.24, 2.45) is 0 Å². The largest absolute Gasteiger partial charge is 0.427 e. The molecule has 0 aliphatic heterocycles. The highest BCUT2D eigenvalue weighted by Gasteiger charge is 2.49. The van der Waals surface area contributed by atoms with Gasteiger partial charge in [0.25, 0.3) is 0 Å². The number of rotatable bonds is 18. The van der Waals surface area contributed by atoms with Crippen molar-refractivity contribution in [3.05, 3.63) is 25.3 Å². The van der Waals surface area contributed by atoms with Crippen molar-refractivity contribution < 1.29 is 13.6 Å². The van der Waals surface area contributed by atoms with E-state index in [4.69, 9.17) is 13.6 Å². The third-order valence-electron chi connectivity index (χ3n) is 6.17. The molecule has 0 saturated heterocycles. The Hall–Kier alpha value is -0.863. The van der Waals surface area contributed by atoms with Crippen LogP contribution >= 0.6 is 0 Å². The first-order valence-corrected chi connectivity index (χ1v) is 14.6. The summed E-state index contributed by atoms with van der Waals surface area (Å²) in [5.74, 6) is 3.27. The topological polar surface area (TPSA) is 27.7 Å². The highest BCUT2D eigenvalue weighted by Crippen LogP contribution is 2.42. The van der Waals surface area contributed by atoms with E-state index in [-0.39, 0.29) is 12.2 Å². The van der Waals surface area contributed by atoms with E-state index in [1.807, 2.05) is 12.2 Å². The lowest BCUT2D eigenvalue weighted by atomic mass is 10.1. The summed E-state index contributed by atoms with van der Waals surface area (Å²) >= 11 is 0. The minimum Gasteiger partial charge on any atom is -0.382 e. The SMILES string of the molecule is C=CCC(CCCCC)O[Si](C#CCOC)(OC(CC=C)CCCCC)C1CCCC1. The Balaban J connectivity index is 3.18. The zero-order valence-corrected chi connectivity index (χ0v) is 21.6. The number of hydrogen-bond donors (Lipinski definition) is 0. The zero-order chi connectivity index (χ0) is 22.8.